The highest BCUT2D eigenvalue weighted by Gasteiger charge is 2.21. The lowest BCUT2D eigenvalue weighted by atomic mass is 9.93. The lowest BCUT2D eigenvalue weighted by Crippen LogP contribution is -2.29. The fraction of sp³-hybridized carbons (Fsp3) is 0.545. The second-order valence-electron chi connectivity index (χ2n) is 4.27. The first-order valence-corrected chi connectivity index (χ1v) is 5.90. The van der Waals surface area contributed by atoms with Crippen molar-refractivity contribution in [3.8, 4) is 0 Å². The van der Waals surface area contributed by atoms with Gasteiger partial charge in [-0.15, -0.1) is 5.10 Å². The minimum Gasteiger partial charge on any atom is -0.389 e. The zero-order chi connectivity index (χ0) is 11.7. The van der Waals surface area contributed by atoms with E-state index in [0.29, 0.717) is 11.0 Å². The van der Waals surface area contributed by atoms with Crippen LogP contribution in [0.4, 0.5) is 5.82 Å². The highest BCUT2D eigenvalue weighted by atomic mass is 32.1. The Balaban J connectivity index is 2.35. The van der Waals surface area contributed by atoms with E-state index >= 15 is 0 Å². The van der Waals surface area contributed by atoms with Gasteiger partial charge >= 0.3 is 0 Å². The lowest BCUT2D eigenvalue weighted by molar-refractivity contribution is 0.444. The van der Waals surface area contributed by atoms with Gasteiger partial charge < -0.3 is 11.1 Å². The Hall–Kier alpha value is -1.23. The average Bonchev–Trinajstić information content (AvgIpc) is 2.16. The predicted molar refractivity (Wildman–Crippen MR) is 68.7 cm³/mol. The van der Waals surface area contributed by atoms with Gasteiger partial charge in [0.25, 0.3) is 0 Å². The lowest BCUT2D eigenvalue weighted by Gasteiger charge is -2.27. The summed E-state index contributed by atoms with van der Waals surface area (Å²) in [6.45, 7) is 3.89. The molecule has 0 aromatic carbocycles. The molecule has 86 valence electrons. The van der Waals surface area contributed by atoms with Crippen molar-refractivity contribution in [2.75, 3.05) is 5.32 Å². The first-order valence-electron chi connectivity index (χ1n) is 5.50. The van der Waals surface area contributed by atoms with Crippen LogP contribution in [0.1, 0.15) is 36.1 Å². The molecule has 0 unspecified atom stereocenters. The van der Waals surface area contributed by atoms with Crippen LogP contribution in [0.25, 0.3) is 0 Å². The van der Waals surface area contributed by atoms with Crippen molar-refractivity contribution in [2.24, 2.45) is 5.73 Å². The quantitative estimate of drug-likeness (QED) is 0.782. The first-order chi connectivity index (χ1) is 7.59. The molecular formula is C11H16N4S. The van der Waals surface area contributed by atoms with Crippen molar-refractivity contribution < 1.29 is 0 Å². The van der Waals surface area contributed by atoms with Crippen LogP contribution in [0.15, 0.2) is 0 Å². The van der Waals surface area contributed by atoms with Gasteiger partial charge in [0.15, 0.2) is 5.82 Å². The Bertz CT molecular complexity index is 426. The molecule has 1 aromatic rings. The molecule has 0 bridgehead atoms. The Morgan fingerprint density at radius 2 is 2.06 bits per heavy atom. The first kappa shape index (κ1) is 11.3. The van der Waals surface area contributed by atoms with E-state index in [1.54, 1.807) is 0 Å². The van der Waals surface area contributed by atoms with Crippen LogP contribution in [-0.2, 0) is 0 Å². The highest BCUT2D eigenvalue weighted by molar-refractivity contribution is 7.80. The van der Waals surface area contributed by atoms with Crippen LogP contribution in [0.2, 0.25) is 0 Å². The third kappa shape index (κ3) is 2.00. The van der Waals surface area contributed by atoms with Crippen LogP contribution < -0.4 is 11.1 Å². The zero-order valence-corrected chi connectivity index (χ0v) is 10.4. The van der Waals surface area contributed by atoms with Crippen LogP contribution >= 0.6 is 12.2 Å². The smallest absolute Gasteiger partial charge is 0.159 e. The van der Waals surface area contributed by atoms with E-state index in [1.165, 1.54) is 19.3 Å². The number of hydrogen-bond donors (Lipinski definition) is 2. The number of nitrogens with one attached hydrogen (secondary N) is 1. The van der Waals surface area contributed by atoms with Crippen molar-refractivity contribution >= 4 is 23.0 Å². The number of nitrogens with zero attached hydrogens (tertiary/aromatic N) is 2. The van der Waals surface area contributed by atoms with E-state index in [9.17, 15) is 0 Å². The number of nitrogens with two attached hydrogens (primary N) is 1. The van der Waals surface area contributed by atoms with Gasteiger partial charge in [-0.25, -0.2) is 0 Å². The molecule has 16 heavy (non-hydrogen) atoms. The summed E-state index contributed by atoms with van der Waals surface area (Å²) in [6.07, 6.45) is 3.65. The SMILES string of the molecule is Cc1nnc(NC2CCC2)c(C(N)=S)c1C. The third-order valence-electron chi connectivity index (χ3n) is 3.15. The maximum Gasteiger partial charge on any atom is 0.159 e. The molecule has 1 aliphatic rings. The maximum atomic E-state index is 5.74. The predicted octanol–water partition coefficient (Wildman–Crippen LogP) is 1.69. The summed E-state index contributed by atoms with van der Waals surface area (Å²) in [6, 6.07) is 0.504. The van der Waals surface area contributed by atoms with Gasteiger partial charge in [0, 0.05) is 6.04 Å². The van der Waals surface area contributed by atoms with Gasteiger partial charge in [0.05, 0.1) is 11.3 Å². The van der Waals surface area contributed by atoms with Crippen molar-refractivity contribution in [2.45, 2.75) is 39.2 Å². The summed E-state index contributed by atoms with van der Waals surface area (Å²) in [4.78, 5) is 0.386. The molecule has 0 aliphatic heterocycles. The topological polar surface area (TPSA) is 63.8 Å². The molecule has 0 amide bonds. The van der Waals surface area contributed by atoms with E-state index in [-0.39, 0.29) is 0 Å². The van der Waals surface area contributed by atoms with E-state index in [1.807, 2.05) is 13.8 Å². The average molecular weight is 236 g/mol. The Morgan fingerprint density at radius 1 is 1.38 bits per heavy atom. The summed E-state index contributed by atoms with van der Waals surface area (Å²) in [5, 5.41) is 11.6. The van der Waals surface area contributed by atoms with Gasteiger partial charge in [-0.05, 0) is 38.7 Å². The van der Waals surface area contributed by atoms with E-state index in [0.717, 1.165) is 22.6 Å². The molecule has 5 heteroatoms. The molecule has 1 saturated carbocycles. The number of aryl methyl sites for hydroxylation is 1. The van der Waals surface area contributed by atoms with Crippen LogP contribution in [0, 0.1) is 13.8 Å². The second kappa shape index (κ2) is 4.33. The van der Waals surface area contributed by atoms with E-state index < -0.39 is 0 Å². The van der Waals surface area contributed by atoms with Crippen molar-refractivity contribution in [1.29, 1.82) is 0 Å². The van der Waals surface area contributed by atoms with Crippen LogP contribution in [0.5, 0.6) is 0 Å². The molecule has 0 spiro atoms. The zero-order valence-electron chi connectivity index (χ0n) is 9.58. The van der Waals surface area contributed by atoms with Gasteiger partial charge in [-0.3, -0.25) is 0 Å². The molecule has 1 aliphatic carbocycles. The summed E-state index contributed by atoms with van der Waals surface area (Å²) in [7, 11) is 0. The second-order valence-corrected chi connectivity index (χ2v) is 4.71. The summed E-state index contributed by atoms with van der Waals surface area (Å²) >= 11 is 5.07. The Morgan fingerprint density at radius 3 is 2.56 bits per heavy atom. The molecule has 0 saturated heterocycles. The molecule has 0 radical (unpaired) electrons. The minimum atomic E-state index is 0.386. The number of hydrogen-bond acceptors (Lipinski definition) is 4. The van der Waals surface area contributed by atoms with Crippen LogP contribution in [-0.4, -0.2) is 21.2 Å². The van der Waals surface area contributed by atoms with Gasteiger partial charge in [0.2, 0.25) is 0 Å². The van der Waals surface area contributed by atoms with Crippen molar-refractivity contribution in [1.82, 2.24) is 10.2 Å². The van der Waals surface area contributed by atoms with Crippen molar-refractivity contribution in [3.63, 3.8) is 0 Å². The molecule has 1 heterocycles. The largest absolute Gasteiger partial charge is 0.389 e. The van der Waals surface area contributed by atoms with Crippen LogP contribution in [0.3, 0.4) is 0 Å². The molecular weight excluding hydrogens is 220 g/mol. The molecule has 4 nitrogen and oxygen atoms in total. The van der Waals surface area contributed by atoms with E-state index in [2.05, 4.69) is 15.5 Å². The summed E-state index contributed by atoms with van der Waals surface area (Å²) < 4.78 is 0. The molecule has 1 fully saturated rings. The van der Waals surface area contributed by atoms with Gasteiger partial charge in [-0.2, -0.15) is 5.10 Å². The third-order valence-corrected chi connectivity index (χ3v) is 3.35. The van der Waals surface area contributed by atoms with E-state index in [4.69, 9.17) is 18.0 Å². The summed E-state index contributed by atoms with van der Waals surface area (Å²) in [5.74, 6) is 0.736. The van der Waals surface area contributed by atoms with Crippen molar-refractivity contribution in [3.05, 3.63) is 16.8 Å². The number of rotatable bonds is 3. The Kier molecular flexibility index (Phi) is 3.05. The highest BCUT2D eigenvalue weighted by Crippen LogP contribution is 2.25. The number of thiocarbonyl (C=S) groups is 1. The number of aromatic nitrogens is 2. The summed E-state index contributed by atoms with van der Waals surface area (Å²) in [5.41, 5.74) is 8.48. The fourth-order valence-corrected chi connectivity index (χ4v) is 2.01. The number of anilines is 1. The molecule has 2 rings (SSSR count). The van der Waals surface area contributed by atoms with Gasteiger partial charge in [0.1, 0.15) is 4.99 Å². The molecule has 3 N–H and O–H groups in total. The monoisotopic (exact) mass is 236 g/mol. The molecule has 0 atom stereocenters. The van der Waals surface area contributed by atoms with Gasteiger partial charge in [-0.1, -0.05) is 12.2 Å². The fourth-order valence-electron chi connectivity index (χ4n) is 1.76. The maximum absolute atomic E-state index is 5.74. The Labute approximate surface area is 101 Å². The normalized spacial score (nSPS) is 15.6. The molecule has 1 aromatic heterocycles. The standard InChI is InChI=1S/C11H16N4S/c1-6-7(2)14-15-11(9(6)10(12)16)13-8-4-3-5-8/h8H,3-5H2,1-2H3,(H2,12,16)(H,13,15). The minimum absolute atomic E-state index is 0.386.